The van der Waals surface area contributed by atoms with Gasteiger partial charge in [0.05, 0.1) is 11.3 Å². The number of non-ortho nitro benzene ring substituents is 1. The van der Waals surface area contributed by atoms with Crippen molar-refractivity contribution in [2.45, 2.75) is 11.3 Å². The molecule has 0 spiro atoms. The van der Waals surface area contributed by atoms with Gasteiger partial charge in [-0.25, -0.2) is 0 Å². The fourth-order valence-electron chi connectivity index (χ4n) is 2.22. The molecule has 0 aliphatic rings. The first-order valence-electron chi connectivity index (χ1n) is 7.56. The molecule has 3 rings (SSSR count). The number of hydrogen-bond acceptors (Lipinski definition) is 7. The number of carbonyl (C=O) groups is 1. The highest BCUT2D eigenvalue weighted by Crippen LogP contribution is 2.18. The highest BCUT2D eigenvalue weighted by molar-refractivity contribution is 7.98. The van der Waals surface area contributed by atoms with Crippen LogP contribution in [0.25, 0.3) is 0 Å². The Labute approximate surface area is 152 Å². The second-order valence-corrected chi connectivity index (χ2v) is 6.17. The maximum atomic E-state index is 12.2. The lowest BCUT2D eigenvalue weighted by atomic mass is 10.1. The van der Waals surface area contributed by atoms with Crippen molar-refractivity contribution in [3.05, 3.63) is 75.7 Å². The average molecular weight is 370 g/mol. The van der Waals surface area contributed by atoms with Gasteiger partial charge in [-0.2, -0.15) is 0 Å². The van der Waals surface area contributed by atoms with Crippen LogP contribution in [0.1, 0.15) is 21.8 Å². The number of nitro benzene ring substituents is 1. The predicted molar refractivity (Wildman–Crippen MR) is 96.4 cm³/mol. The first kappa shape index (κ1) is 17.6. The van der Waals surface area contributed by atoms with E-state index in [0.717, 1.165) is 10.5 Å². The molecule has 0 radical (unpaired) electrons. The standard InChI is InChI=1S/C17H14N4O4S/c1-26-14-7-5-11(6-8-14)9-15-19-20-17(25-15)18-16(22)12-3-2-4-13(10-12)21(23)24/h2-8,10H,9H2,1H3,(H,18,20,22). The van der Waals surface area contributed by atoms with Gasteiger partial charge < -0.3 is 4.42 Å². The number of nitrogens with one attached hydrogen (secondary N) is 1. The Bertz CT molecular complexity index is 940. The Balaban J connectivity index is 1.66. The van der Waals surface area contributed by atoms with E-state index in [1.165, 1.54) is 24.3 Å². The van der Waals surface area contributed by atoms with Gasteiger partial charge in [0.15, 0.2) is 0 Å². The van der Waals surface area contributed by atoms with Gasteiger partial charge in [0, 0.05) is 22.6 Å². The second kappa shape index (κ2) is 7.79. The third-order valence-corrected chi connectivity index (χ3v) is 4.26. The molecule has 0 atom stereocenters. The van der Waals surface area contributed by atoms with E-state index in [4.69, 9.17) is 4.42 Å². The van der Waals surface area contributed by atoms with Crippen molar-refractivity contribution in [2.75, 3.05) is 11.6 Å². The van der Waals surface area contributed by atoms with Crippen LogP contribution < -0.4 is 5.32 Å². The van der Waals surface area contributed by atoms with Crippen molar-refractivity contribution < 1.29 is 14.1 Å². The van der Waals surface area contributed by atoms with Gasteiger partial charge in [-0.3, -0.25) is 20.2 Å². The minimum absolute atomic E-state index is 0.0581. The molecule has 26 heavy (non-hydrogen) atoms. The summed E-state index contributed by atoms with van der Waals surface area (Å²) in [7, 11) is 0. The average Bonchev–Trinajstić information content (AvgIpc) is 3.09. The van der Waals surface area contributed by atoms with Crippen LogP contribution in [0.5, 0.6) is 0 Å². The Morgan fingerprint density at radius 1 is 1.23 bits per heavy atom. The quantitative estimate of drug-likeness (QED) is 0.401. The van der Waals surface area contributed by atoms with Crippen LogP contribution in [0, 0.1) is 10.1 Å². The van der Waals surface area contributed by atoms with Crippen molar-refractivity contribution in [1.29, 1.82) is 0 Å². The maximum absolute atomic E-state index is 12.2. The topological polar surface area (TPSA) is 111 Å². The first-order chi connectivity index (χ1) is 12.5. The minimum Gasteiger partial charge on any atom is -0.407 e. The molecule has 132 valence electrons. The van der Waals surface area contributed by atoms with E-state index in [2.05, 4.69) is 15.5 Å². The lowest BCUT2D eigenvalue weighted by molar-refractivity contribution is -0.384. The summed E-state index contributed by atoms with van der Waals surface area (Å²) in [6.07, 6.45) is 2.44. The summed E-state index contributed by atoms with van der Waals surface area (Å²) < 4.78 is 5.42. The maximum Gasteiger partial charge on any atom is 0.322 e. The summed E-state index contributed by atoms with van der Waals surface area (Å²) in [5.41, 5.74) is 0.965. The molecule has 9 heteroatoms. The molecule has 1 heterocycles. The molecule has 0 aliphatic carbocycles. The number of thioether (sulfide) groups is 1. The van der Waals surface area contributed by atoms with Gasteiger partial charge >= 0.3 is 6.01 Å². The highest BCUT2D eigenvalue weighted by Gasteiger charge is 2.15. The van der Waals surface area contributed by atoms with Crippen molar-refractivity contribution in [1.82, 2.24) is 10.2 Å². The van der Waals surface area contributed by atoms with Gasteiger partial charge in [-0.05, 0) is 30.0 Å². The van der Waals surface area contributed by atoms with Crippen molar-refractivity contribution >= 4 is 29.4 Å². The third-order valence-electron chi connectivity index (χ3n) is 3.52. The van der Waals surface area contributed by atoms with E-state index < -0.39 is 10.8 Å². The molecule has 0 saturated heterocycles. The van der Waals surface area contributed by atoms with E-state index in [9.17, 15) is 14.9 Å². The Morgan fingerprint density at radius 3 is 2.69 bits per heavy atom. The zero-order valence-electron chi connectivity index (χ0n) is 13.7. The Kier molecular flexibility index (Phi) is 5.28. The molecular weight excluding hydrogens is 356 g/mol. The van der Waals surface area contributed by atoms with E-state index in [1.807, 2.05) is 30.5 Å². The summed E-state index contributed by atoms with van der Waals surface area (Å²) in [6, 6.07) is 13.3. The molecular formula is C17H14N4O4S. The highest BCUT2D eigenvalue weighted by atomic mass is 32.2. The van der Waals surface area contributed by atoms with Gasteiger partial charge in [0.2, 0.25) is 5.89 Å². The smallest absolute Gasteiger partial charge is 0.322 e. The molecule has 0 bridgehead atoms. The van der Waals surface area contributed by atoms with Crippen LogP contribution >= 0.6 is 11.8 Å². The van der Waals surface area contributed by atoms with Crippen LogP contribution in [-0.2, 0) is 6.42 Å². The number of benzene rings is 2. The monoisotopic (exact) mass is 370 g/mol. The molecule has 1 aromatic heterocycles. The first-order valence-corrected chi connectivity index (χ1v) is 8.79. The number of hydrogen-bond donors (Lipinski definition) is 1. The number of carbonyl (C=O) groups excluding carboxylic acids is 1. The van der Waals surface area contributed by atoms with Crippen molar-refractivity contribution in [3.8, 4) is 0 Å². The number of rotatable bonds is 6. The van der Waals surface area contributed by atoms with Crippen molar-refractivity contribution in [3.63, 3.8) is 0 Å². The summed E-state index contributed by atoms with van der Waals surface area (Å²) in [4.78, 5) is 23.5. The SMILES string of the molecule is CSc1ccc(Cc2nnc(NC(=O)c3cccc([N+](=O)[O-])c3)o2)cc1. The van der Waals surface area contributed by atoms with Crippen molar-refractivity contribution in [2.24, 2.45) is 0 Å². The minimum atomic E-state index is -0.566. The van der Waals surface area contributed by atoms with Crippen LogP contribution in [0.3, 0.4) is 0 Å². The van der Waals surface area contributed by atoms with Crippen LogP contribution in [0.4, 0.5) is 11.7 Å². The molecule has 1 N–H and O–H groups in total. The summed E-state index contributed by atoms with van der Waals surface area (Å²) >= 11 is 1.65. The Morgan fingerprint density at radius 2 is 2.00 bits per heavy atom. The number of anilines is 1. The summed E-state index contributed by atoms with van der Waals surface area (Å²) in [6.45, 7) is 0. The summed E-state index contributed by atoms with van der Waals surface area (Å²) in [5.74, 6) is -0.204. The number of aromatic nitrogens is 2. The molecule has 3 aromatic rings. The third kappa shape index (κ3) is 4.25. The fraction of sp³-hybridized carbons (Fsp3) is 0.118. The number of nitrogens with zero attached hydrogens (tertiary/aromatic N) is 3. The van der Waals surface area contributed by atoms with E-state index in [1.54, 1.807) is 11.8 Å². The zero-order valence-corrected chi connectivity index (χ0v) is 14.5. The van der Waals surface area contributed by atoms with Crippen LogP contribution in [0.2, 0.25) is 0 Å². The lowest BCUT2D eigenvalue weighted by Crippen LogP contribution is -2.12. The van der Waals surface area contributed by atoms with E-state index in [0.29, 0.717) is 12.3 Å². The zero-order chi connectivity index (χ0) is 18.5. The molecule has 0 aliphatic heterocycles. The molecule has 1 amide bonds. The molecule has 0 fully saturated rings. The summed E-state index contributed by atoms with van der Waals surface area (Å²) in [5, 5.41) is 20.9. The van der Waals surface area contributed by atoms with Gasteiger partial charge in [0.25, 0.3) is 11.6 Å². The lowest BCUT2D eigenvalue weighted by Gasteiger charge is -2.01. The molecule has 8 nitrogen and oxygen atoms in total. The second-order valence-electron chi connectivity index (χ2n) is 5.29. The molecule has 0 saturated carbocycles. The van der Waals surface area contributed by atoms with Crippen LogP contribution in [0.15, 0.2) is 57.8 Å². The number of amides is 1. The Hall–Kier alpha value is -3.20. The molecule has 0 unspecified atom stereocenters. The predicted octanol–water partition coefficient (Wildman–Crippen LogP) is 3.54. The largest absolute Gasteiger partial charge is 0.407 e. The van der Waals surface area contributed by atoms with Gasteiger partial charge in [-0.15, -0.1) is 16.9 Å². The van der Waals surface area contributed by atoms with Crippen LogP contribution in [-0.4, -0.2) is 27.3 Å². The molecule has 2 aromatic carbocycles. The van der Waals surface area contributed by atoms with E-state index in [-0.39, 0.29) is 17.3 Å². The normalized spacial score (nSPS) is 10.5. The fourth-order valence-corrected chi connectivity index (χ4v) is 2.63. The van der Waals surface area contributed by atoms with Gasteiger partial charge in [0.1, 0.15) is 0 Å². The number of nitro groups is 1. The van der Waals surface area contributed by atoms with E-state index >= 15 is 0 Å². The van der Waals surface area contributed by atoms with Gasteiger partial charge in [-0.1, -0.05) is 23.3 Å².